The van der Waals surface area contributed by atoms with Gasteiger partial charge in [-0.3, -0.25) is 0 Å². The topological polar surface area (TPSA) is 42.2 Å². The van der Waals surface area contributed by atoms with E-state index in [1.165, 1.54) is 4.88 Å². The van der Waals surface area contributed by atoms with Crippen LogP contribution in [0.4, 0.5) is 0 Å². The van der Waals surface area contributed by atoms with E-state index < -0.39 is 0 Å². The maximum Gasteiger partial charge on any atom is 0.162 e. The predicted octanol–water partition coefficient (Wildman–Crippen LogP) is 3.64. The van der Waals surface area contributed by atoms with Crippen molar-refractivity contribution in [2.24, 2.45) is 0 Å². The molecular formula is C15H15NO2S. The van der Waals surface area contributed by atoms with Crippen LogP contribution in [-0.4, -0.2) is 13.2 Å². The average Bonchev–Trinajstić information content (AvgIpc) is 2.94. The number of hydrogen-bond donors (Lipinski definition) is 0. The summed E-state index contributed by atoms with van der Waals surface area (Å²) < 4.78 is 11.2. The standard InChI is InChI=1S/C15H15NO2S/c1-2-17-15-10-12(11-16)5-6-14(15)18-8-7-13-4-3-9-19-13/h3-6,9-10H,2,7-8H2,1H3. The first-order valence-corrected chi connectivity index (χ1v) is 7.03. The molecule has 0 unspecified atom stereocenters. The summed E-state index contributed by atoms with van der Waals surface area (Å²) in [7, 11) is 0. The second-order valence-corrected chi connectivity index (χ2v) is 4.92. The molecule has 0 atom stereocenters. The molecule has 0 spiro atoms. The third kappa shape index (κ3) is 3.73. The van der Waals surface area contributed by atoms with Crippen molar-refractivity contribution in [2.75, 3.05) is 13.2 Å². The van der Waals surface area contributed by atoms with Crippen molar-refractivity contribution in [3.63, 3.8) is 0 Å². The molecule has 0 bridgehead atoms. The van der Waals surface area contributed by atoms with Crippen LogP contribution >= 0.6 is 11.3 Å². The highest BCUT2D eigenvalue weighted by Crippen LogP contribution is 2.28. The van der Waals surface area contributed by atoms with Gasteiger partial charge in [-0.1, -0.05) is 6.07 Å². The first-order chi connectivity index (χ1) is 9.33. The number of ether oxygens (including phenoxy) is 2. The molecule has 3 nitrogen and oxygen atoms in total. The van der Waals surface area contributed by atoms with E-state index >= 15 is 0 Å². The molecule has 2 aromatic rings. The number of benzene rings is 1. The first-order valence-electron chi connectivity index (χ1n) is 6.15. The number of hydrogen-bond acceptors (Lipinski definition) is 4. The minimum absolute atomic E-state index is 0.552. The van der Waals surface area contributed by atoms with Crippen molar-refractivity contribution in [1.82, 2.24) is 0 Å². The molecule has 0 aliphatic carbocycles. The molecule has 98 valence electrons. The number of thiophene rings is 1. The number of nitrogens with zero attached hydrogens (tertiary/aromatic N) is 1. The van der Waals surface area contributed by atoms with Crippen LogP contribution in [0.25, 0.3) is 0 Å². The Morgan fingerprint density at radius 1 is 1.21 bits per heavy atom. The molecule has 0 amide bonds. The summed E-state index contributed by atoms with van der Waals surface area (Å²) in [6.45, 7) is 3.07. The van der Waals surface area contributed by atoms with Crippen molar-refractivity contribution in [2.45, 2.75) is 13.3 Å². The van der Waals surface area contributed by atoms with Gasteiger partial charge in [-0.2, -0.15) is 5.26 Å². The van der Waals surface area contributed by atoms with Crippen LogP contribution in [0.5, 0.6) is 11.5 Å². The predicted molar refractivity (Wildman–Crippen MR) is 75.8 cm³/mol. The number of rotatable bonds is 6. The Hall–Kier alpha value is -1.99. The van der Waals surface area contributed by atoms with Crippen LogP contribution in [0.2, 0.25) is 0 Å². The third-order valence-electron chi connectivity index (χ3n) is 2.56. The Balaban J connectivity index is 2.00. The van der Waals surface area contributed by atoms with Gasteiger partial charge in [-0.15, -0.1) is 11.3 Å². The summed E-state index contributed by atoms with van der Waals surface area (Å²) >= 11 is 1.72. The average molecular weight is 273 g/mol. The van der Waals surface area contributed by atoms with E-state index in [0.29, 0.717) is 30.3 Å². The van der Waals surface area contributed by atoms with E-state index in [9.17, 15) is 0 Å². The largest absolute Gasteiger partial charge is 0.490 e. The lowest BCUT2D eigenvalue weighted by Gasteiger charge is -2.11. The fourth-order valence-electron chi connectivity index (χ4n) is 1.68. The highest BCUT2D eigenvalue weighted by molar-refractivity contribution is 7.09. The molecule has 0 N–H and O–H groups in total. The molecule has 0 saturated carbocycles. The van der Waals surface area contributed by atoms with E-state index in [0.717, 1.165) is 6.42 Å². The van der Waals surface area contributed by atoms with Crippen molar-refractivity contribution in [3.05, 3.63) is 46.2 Å². The van der Waals surface area contributed by atoms with Crippen LogP contribution < -0.4 is 9.47 Å². The summed E-state index contributed by atoms with van der Waals surface area (Å²) in [5.74, 6) is 1.32. The van der Waals surface area contributed by atoms with Gasteiger partial charge in [-0.05, 0) is 30.5 Å². The molecular weight excluding hydrogens is 258 g/mol. The smallest absolute Gasteiger partial charge is 0.162 e. The fourth-order valence-corrected chi connectivity index (χ4v) is 2.37. The van der Waals surface area contributed by atoms with Gasteiger partial charge >= 0.3 is 0 Å². The zero-order valence-corrected chi connectivity index (χ0v) is 11.6. The Morgan fingerprint density at radius 3 is 2.79 bits per heavy atom. The molecule has 2 rings (SSSR count). The van der Waals surface area contributed by atoms with E-state index in [1.54, 1.807) is 29.5 Å². The van der Waals surface area contributed by atoms with Crippen LogP contribution in [0.15, 0.2) is 35.7 Å². The van der Waals surface area contributed by atoms with Crippen LogP contribution in [-0.2, 0) is 6.42 Å². The normalized spacial score (nSPS) is 9.89. The van der Waals surface area contributed by atoms with Gasteiger partial charge in [0.1, 0.15) is 0 Å². The molecule has 19 heavy (non-hydrogen) atoms. The molecule has 1 aromatic heterocycles. The Labute approximate surface area is 117 Å². The Morgan fingerprint density at radius 2 is 2.11 bits per heavy atom. The van der Waals surface area contributed by atoms with Gasteiger partial charge in [0.15, 0.2) is 11.5 Å². The van der Waals surface area contributed by atoms with Gasteiger partial charge < -0.3 is 9.47 Å². The van der Waals surface area contributed by atoms with Crippen LogP contribution in [0, 0.1) is 11.3 Å². The van der Waals surface area contributed by atoms with E-state index in [2.05, 4.69) is 17.5 Å². The molecule has 0 radical (unpaired) electrons. The highest BCUT2D eigenvalue weighted by atomic mass is 32.1. The van der Waals surface area contributed by atoms with Crippen molar-refractivity contribution >= 4 is 11.3 Å². The molecule has 0 saturated heterocycles. The second kappa shape index (κ2) is 6.81. The lowest BCUT2D eigenvalue weighted by atomic mass is 10.2. The summed E-state index contributed by atoms with van der Waals surface area (Å²) in [4.78, 5) is 1.30. The number of nitriles is 1. The lowest BCUT2D eigenvalue weighted by molar-refractivity contribution is 0.279. The van der Waals surface area contributed by atoms with Gasteiger partial charge in [0.05, 0.1) is 24.8 Å². The second-order valence-electron chi connectivity index (χ2n) is 3.88. The Kier molecular flexibility index (Phi) is 4.82. The zero-order valence-electron chi connectivity index (χ0n) is 10.8. The first kappa shape index (κ1) is 13.4. The van der Waals surface area contributed by atoms with Gasteiger partial charge in [0.25, 0.3) is 0 Å². The third-order valence-corrected chi connectivity index (χ3v) is 3.49. The summed E-state index contributed by atoms with van der Waals surface area (Å²) in [6.07, 6.45) is 0.878. The molecule has 1 aromatic carbocycles. The van der Waals surface area contributed by atoms with E-state index in [1.807, 2.05) is 13.0 Å². The lowest BCUT2D eigenvalue weighted by Crippen LogP contribution is -2.03. The maximum absolute atomic E-state index is 8.88. The van der Waals surface area contributed by atoms with E-state index in [-0.39, 0.29) is 0 Å². The minimum Gasteiger partial charge on any atom is -0.490 e. The molecule has 0 aliphatic heterocycles. The van der Waals surface area contributed by atoms with Crippen LogP contribution in [0.1, 0.15) is 17.4 Å². The van der Waals surface area contributed by atoms with Gasteiger partial charge in [-0.25, -0.2) is 0 Å². The monoisotopic (exact) mass is 273 g/mol. The van der Waals surface area contributed by atoms with Crippen molar-refractivity contribution < 1.29 is 9.47 Å². The molecule has 1 heterocycles. The SMILES string of the molecule is CCOc1cc(C#N)ccc1OCCc1cccs1. The minimum atomic E-state index is 0.552. The zero-order chi connectivity index (χ0) is 13.5. The summed E-state index contributed by atoms with van der Waals surface area (Å²) in [5, 5.41) is 10.9. The fraction of sp³-hybridized carbons (Fsp3) is 0.267. The maximum atomic E-state index is 8.88. The van der Waals surface area contributed by atoms with Gasteiger partial charge in [0.2, 0.25) is 0 Å². The molecule has 0 aliphatic rings. The van der Waals surface area contributed by atoms with Crippen LogP contribution in [0.3, 0.4) is 0 Å². The molecule has 0 fully saturated rings. The summed E-state index contributed by atoms with van der Waals surface area (Å²) in [6, 6.07) is 11.5. The van der Waals surface area contributed by atoms with E-state index in [4.69, 9.17) is 14.7 Å². The Bertz CT molecular complexity index is 558. The van der Waals surface area contributed by atoms with Crippen molar-refractivity contribution in [3.8, 4) is 17.6 Å². The quantitative estimate of drug-likeness (QED) is 0.807. The van der Waals surface area contributed by atoms with Gasteiger partial charge in [0, 0.05) is 17.4 Å². The highest BCUT2D eigenvalue weighted by Gasteiger charge is 2.06. The molecule has 4 heteroatoms. The summed E-state index contributed by atoms with van der Waals surface area (Å²) in [5.41, 5.74) is 0.578. The van der Waals surface area contributed by atoms with Crippen molar-refractivity contribution in [1.29, 1.82) is 5.26 Å².